The first-order chi connectivity index (χ1) is 19.4. The Morgan fingerprint density at radius 1 is 0.825 bits per heavy atom. The average Bonchev–Trinajstić information content (AvgIpc) is 2.97. The second kappa shape index (κ2) is 11.1. The van der Waals surface area contributed by atoms with Crippen LogP contribution in [0.15, 0.2) is 77.9 Å². The highest BCUT2D eigenvalue weighted by Gasteiger charge is 2.16. The van der Waals surface area contributed by atoms with E-state index in [2.05, 4.69) is 20.4 Å². The predicted octanol–water partition coefficient (Wildman–Crippen LogP) is 4.55. The lowest BCUT2D eigenvalue weighted by molar-refractivity contribution is 0.102. The van der Waals surface area contributed by atoms with Crippen LogP contribution in [-0.2, 0) is 0 Å². The summed E-state index contributed by atoms with van der Waals surface area (Å²) >= 11 is 0. The number of ether oxygens (including phenoxy) is 4. The van der Waals surface area contributed by atoms with E-state index in [1.54, 1.807) is 88.9 Å². The van der Waals surface area contributed by atoms with Crippen molar-refractivity contribution in [1.29, 1.82) is 0 Å². The summed E-state index contributed by atoms with van der Waals surface area (Å²) in [5, 5.41) is 7.78. The van der Waals surface area contributed by atoms with Crippen LogP contribution in [0.5, 0.6) is 28.9 Å². The fraction of sp³-hybridized carbons (Fsp3) is 0.138. The minimum Gasteiger partial charge on any atom is -0.497 e. The summed E-state index contributed by atoms with van der Waals surface area (Å²) in [5.74, 6) is 2.08. The van der Waals surface area contributed by atoms with Gasteiger partial charge in [-0.3, -0.25) is 9.59 Å². The summed E-state index contributed by atoms with van der Waals surface area (Å²) in [6.07, 6.45) is 1.40. The quantitative estimate of drug-likeness (QED) is 0.302. The van der Waals surface area contributed by atoms with Gasteiger partial charge in [-0.15, -0.1) is 0 Å². The largest absolute Gasteiger partial charge is 0.497 e. The molecule has 0 bridgehead atoms. The normalized spacial score (nSPS) is 10.7. The van der Waals surface area contributed by atoms with Gasteiger partial charge in [-0.1, -0.05) is 0 Å². The third kappa shape index (κ3) is 5.25. The molecule has 5 aromatic rings. The van der Waals surface area contributed by atoms with E-state index in [-0.39, 0.29) is 11.3 Å². The lowest BCUT2D eigenvalue weighted by atomic mass is 10.2. The molecule has 0 unspecified atom stereocenters. The maximum atomic E-state index is 13.1. The van der Waals surface area contributed by atoms with Crippen molar-refractivity contribution >= 4 is 22.5 Å². The molecule has 0 atom stereocenters. The molecule has 0 saturated heterocycles. The van der Waals surface area contributed by atoms with Crippen molar-refractivity contribution in [2.75, 3.05) is 26.6 Å². The van der Waals surface area contributed by atoms with Gasteiger partial charge in [-0.25, -0.2) is 9.97 Å². The van der Waals surface area contributed by atoms with Gasteiger partial charge < -0.3 is 24.3 Å². The van der Waals surface area contributed by atoms with Crippen molar-refractivity contribution in [2.24, 2.45) is 0 Å². The second-order valence-electron chi connectivity index (χ2n) is 8.61. The number of hydrogen-bond acceptors (Lipinski definition) is 9. The highest BCUT2D eigenvalue weighted by atomic mass is 16.5. The van der Waals surface area contributed by atoms with E-state index in [4.69, 9.17) is 18.9 Å². The molecule has 0 aliphatic heterocycles. The van der Waals surface area contributed by atoms with Crippen LogP contribution in [0, 0.1) is 6.92 Å². The Labute approximate surface area is 228 Å². The predicted molar refractivity (Wildman–Crippen MR) is 148 cm³/mol. The van der Waals surface area contributed by atoms with E-state index in [9.17, 15) is 9.59 Å². The van der Waals surface area contributed by atoms with Crippen molar-refractivity contribution < 1.29 is 23.7 Å². The topological polar surface area (TPSA) is 127 Å². The zero-order valence-corrected chi connectivity index (χ0v) is 22.2. The Bertz CT molecular complexity index is 1750. The van der Waals surface area contributed by atoms with Crippen molar-refractivity contribution in [2.45, 2.75) is 6.92 Å². The number of anilines is 1. The van der Waals surface area contributed by atoms with Gasteiger partial charge in [0.1, 0.15) is 17.8 Å². The summed E-state index contributed by atoms with van der Waals surface area (Å²) < 4.78 is 23.1. The molecule has 2 aromatic heterocycles. The van der Waals surface area contributed by atoms with E-state index in [0.717, 1.165) is 0 Å². The van der Waals surface area contributed by atoms with Gasteiger partial charge in [-0.05, 0) is 67.1 Å². The number of carbonyl (C=O) groups excluding carboxylic acids is 1. The Morgan fingerprint density at radius 3 is 2.17 bits per heavy atom. The van der Waals surface area contributed by atoms with Crippen LogP contribution in [0.3, 0.4) is 0 Å². The molecule has 0 spiro atoms. The summed E-state index contributed by atoms with van der Waals surface area (Å²) in [6.45, 7) is 1.66. The van der Waals surface area contributed by atoms with Gasteiger partial charge in [0.25, 0.3) is 11.5 Å². The second-order valence-corrected chi connectivity index (χ2v) is 8.61. The van der Waals surface area contributed by atoms with Crippen LogP contribution in [0.4, 0.5) is 5.69 Å². The number of nitrogens with zero attached hydrogens (tertiary/aromatic N) is 4. The van der Waals surface area contributed by atoms with Crippen LogP contribution in [-0.4, -0.2) is 47.0 Å². The molecule has 1 N–H and O–H groups in total. The SMILES string of the molecule is COc1ccc(-n2nc(C(=O)Nc3ccc(Oc4ncnc5cc(OC)c(OC)cc45)cc3)c(C)cc2=O)cc1. The van der Waals surface area contributed by atoms with Gasteiger partial charge in [-0.2, -0.15) is 9.78 Å². The van der Waals surface area contributed by atoms with Gasteiger partial charge in [0, 0.05) is 17.8 Å². The minimum absolute atomic E-state index is 0.118. The Kier molecular flexibility index (Phi) is 7.27. The van der Waals surface area contributed by atoms with Crippen LogP contribution < -0.4 is 29.8 Å². The van der Waals surface area contributed by atoms with Crippen molar-refractivity contribution in [3.8, 4) is 34.6 Å². The Hall–Kier alpha value is -5.45. The number of methoxy groups -OCH3 is 3. The average molecular weight is 540 g/mol. The number of carbonyl (C=O) groups is 1. The number of benzene rings is 3. The van der Waals surface area contributed by atoms with Crippen molar-refractivity contribution in [1.82, 2.24) is 19.7 Å². The highest BCUT2D eigenvalue weighted by molar-refractivity contribution is 6.03. The summed E-state index contributed by atoms with van der Waals surface area (Å²) in [6, 6.07) is 18.4. The molecular weight excluding hydrogens is 514 g/mol. The fourth-order valence-corrected chi connectivity index (χ4v) is 4.02. The number of aromatic nitrogens is 4. The van der Waals surface area contributed by atoms with Crippen LogP contribution in [0.1, 0.15) is 16.1 Å². The summed E-state index contributed by atoms with van der Waals surface area (Å²) in [7, 11) is 4.66. The van der Waals surface area contributed by atoms with E-state index in [1.165, 1.54) is 17.1 Å². The van der Waals surface area contributed by atoms with E-state index in [1.807, 2.05) is 0 Å². The number of hydrogen-bond donors (Lipinski definition) is 1. The smallest absolute Gasteiger partial charge is 0.276 e. The summed E-state index contributed by atoms with van der Waals surface area (Å²) in [4.78, 5) is 34.2. The maximum Gasteiger partial charge on any atom is 0.276 e. The maximum absolute atomic E-state index is 13.1. The van der Waals surface area contributed by atoms with Crippen molar-refractivity contribution in [3.05, 3.63) is 94.7 Å². The Morgan fingerprint density at radius 2 is 1.50 bits per heavy atom. The zero-order valence-electron chi connectivity index (χ0n) is 22.2. The molecule has 2 heterocycles. The van der Waals surface area contributed by atoms with E-state index in [0.29, 0.717) is 56.7 Å². The molecule has 1 amide bonds. The number of rotatable bonds is 8. The lowest BCUT2D eigenvalue weighted by Gasteiger charge is -2.12. The highest BCUT2D eigenvalue weighted by Crippen LogP contribution is 2.35. The number of fused-ring (bicyclic) bond motifs is 1. The first kappa shape index (κ1) is 26.2. The molecule has 5 rings (SSSR count). The van der Waals surface area contributed by atoms with Crippen LogP contribution in [0.25, 0.3) is 16.6 Å². The molecule has 40 heavy (non-hydrogen) atoms. The number of nitrogens with one attached hydrogen (secondary N) is 1. The molecule has 0 fully saturated rings. The molecular formula is C29H25N5O6. The van der Waals surface area contributed by atoms with E-state index < -0.39 is 5.91 Å². The molecule has 11 nitrogen and oxygen atoms in total. The van der Waals surface area contributed by atoms with Gasteiger partial charge in [0.15, 0.2) is 17.2 Å². The van der Waals surface area contributed by atoms with Gasteiger partial charge >= 0.3 is 0 Å². The monoisotopic (exact) mass is 539 g/mol. The zero-order chi connectivity index (χ0) is 28.2. The standard InChI is InChI=1S/C29H25N5O6/c1-17-13-26(35)34(19-7-11-20(37-2)12-8-19)33-27(17)28(36)32-18-5-9-21(10-6-18)40-29-22-14-24(38-3)25(39-4)15-23(22)30-16-31-29/h5-16H,1-4H3,(H,32,36). The number of amides is 1. The molecule has 0 aliphatic carbocycles. The first-order valence-electron chi connectivity index (χ1n) is 12.1. The molecule has 3 aromatic carbocycles. The fourth-order valence-electron chi connectivity index (χ4n) is 4.02. The van der Waals surface area contributed by atoms with Crippen LogP contribution in [0.2, 0.25) is 0 Å². The molecule has 0 aliphatic rings. The minimum atomic E-state index is -0.462. The first-order valence-corrected chi connectivity index (χ1v) is 12.1. The molecule has 0 radical (unpaired) electrons. The molecule has 0 saturated carbocycles. The van der Waals surface area contributed by atoms with Gasteiger partial charge in [0.05, 0.1) is 37.9 Å². The van der Waals surface area contributed by atoms with Crippen LogP contribution >= 0.6 is 0 Å². The third-order valence-corrected chi connectivity index (χ3v) is 6.09. The number of aryl methyl sites for hydroxylation is 1. The van der Waals surface area contributed by atoms with Gasteiger partial charge in [0.2, 0.25) is 5.88 Å². The molecule has 11 heteroatoms. The van der Waals surface area contributed by atoms with Crippen molar-refractivity contribution in [3.63, 3.8) is 0 Å². The lowest BCUT2D eigenvalue weighted by Crippen LogP contribution is -2.26. The van der Waals surface area contributed by atoms with E-state index >= 15 is 0 Å². The Balaban J connectivity index is 1.35. The molecule has 202 valence electrons. The third-order valence-electron chi connectivity index (χ3n) is 6.09. The summed E-state index contributed by atoms with van der Waals surface area (Å²) in [5.41, 5.74) is 1.87.